The van der Waals surface area contributed by atoms with E-state index in [1.54, 1.807) is 38.1 Å². The molecule has 0 aliphatic carbocycles. The van der Waals surface area contributed by atoms with Crippen LogP contribution < -0.4 is 21.3 Å². The monoisotopic (exact) mass is 492 g/mol. The highest BCUT2D eigenvalue weighted by molar-refractivity contribution is 7.18. The van der Waals surface area contributed by atoms with E-state index in [2.05, 4.69) is 21.3 Å². The van der Waals surface area contributed by atoms with E-state index in [0.717, 1.165) is 11.3 Å². The van der Waals surface area contributed by atoms with Crippen LogP contribution in [-0.2, 0) is 19.0 Å². The van der Waals surface area contributed by atoms with E-state index >= 15 is 0 Å². The normalized spacial score (nSPS) is 10.2. The topological polar surface area (TPSA) is 144 Å². The molecule has 0 saturated heterocycles. The van der Waals surface area contributed by atoms with Crippen molar-refractivity contribution in [1.29, 1.82) is 0 Å². The zero-order chi connectivity index (χ0) is 25.1. The molecule has 1 heterocycles. The summed E-state index contributed by atoms with van der Waals surface area (Å²) in [5, 5.41) is 10.9. The summed E-state index contributed by atoms with van der Waals surface area (Å²) in [7, 11) is 2.99. The number of hydrogen-bond donors (Lipinski definition) is 4. The number of ether oxygens (including phenoxy) is 3. The number of nitrogens with one attached hydrogen (secondary N) is 4. The van der Waals surface area contributed by atoms with Crippen molar-refractivity contribution < 1.29 is 33.4 Å². The predicted molar refractivity (Wildman–Crippen MR) is 129 cm³/mol. The van der Waals surface area contributed by atoms with E-state index in [1.807, 2.05) is 0 Å². The number of rotatable bonds is 11. The highest BCUT2D eigenvalue weighted by atomic mass is 32.1. The van der Waals surface area contributed by atoms with Gasteiger partial charge in [-0.3, -0.25) is 14.9 Å². The molecular formula is C22H28N4O7S. The van der Waals surface area contributed by atoms with Gasteiger partial charge in [0.1, 0.15) is 11.6 Å². The minimum atomic E-state index is -0.626. The number of carbonyl (C=O) groups is 4. The zero-order valence-corrected chi connectivity index (χ0v) is 20.2. The largest absolute Gasteiger partial charge is 0.462 e. The summed E-state index contributed by atoms with van der Waals surface area (Å²) < 4.78 is 14.8. The third-order valence-corrected chi connectivity index (χ3v) is 5.60. The van der Waals surface area contributed by atoms with Crippen LogP contribution in [0.15, 0.2) is 24.3 Å². The van der Waals surface area contributed by atoms with Crippen LogP contribution in [0.2, 0.25) is 0 Å². The van der Waals surface area contributed by atoms with Gasteiger partial charge in [-0.25, -0.2) is 9.59 Å². The van der Waals surface area contributed by atoms with E-state index in [4.69, 9.17) is 14.2 Å². The van der Waals surface area contributed by atoms with Gasteiger partial charge in [0, 0.05) is 25.5 Å². The van der Waals surface area contributed by atoms with Crippen LogP contribution in [0.4, 0.5) is 21.2 Å². The lowest BCUT2D eigenvalue weighted by Gasteiger charge is -2.11. The molecule has 0 radical (unpaired) electrons. The summed E-state index contributed by atoms with van der Waals surface area (Å²) in [5.74, 6) is -1.42. The number of benzene rings is 1. The molecule has 184 valence electrons. The molecule has 0 unspecified atom stereocenters. The first-order valence-electron chi connectivity index (χ1n) is 10.4. The lowest BCUT2D eigenvalue weighted by Crippen LogP contribution is -2.22. The van der Waals surface area contributed by atoms with Gasteiger partial charge in [0.2, 0.25) is 5.91 Å². The number of methoxy groups -OCH3 is 1. The molecule has 34 heavy (non-hydrogen) atoms. The lowest BCUT2D eigenvalue weighted by molar-refractivity contribution is -0.114. The Labute approximate surface area is 201 Å². The van der Waals surface area contributed by atoms with Crippen LogP contribution in [0.5, 0.6) is 0 Å². The maximum atomic E-state index is 12.6. The van der Waals surface area contributed by atoms with Crippen molar-refractivity contribution in [2.45, 2.75) is 13.8 Å². The molecule has 0 aliphatic heterocycles. The first-order chi connectivity index (χ1) is 16.3. The SMILES string of the molecule is CCOC(=O)c1c(NC(=O)CNc2cccc(NC(=O)OCCOC)c2)sc(C(=O)NC)c1C. The maximum Gasteiger partial charge on any atom is 0.411 e. The highest BCUT2D eigenvalue weighted by Gasteiger charge is 2.26. The molecule has 11 nitrogen and oxygen atoms in total. The first-order valence-corrected chi connectivity index (χ1v) is 11.2. The average Bonchev–Trinajstić information content (AvgIpc) is 3.13. The lowest BCUT2D eigenvalue weighted by atomic mass is 10.1. The van der Waals surface area contributed by atoms with Gasteiger partial charge >= 0.3 is 12.1 Å². The third kappa shape index (κ3) is 7.46. The average molecular weight is 493 g/mol. The summed E-state index contributed by atoms with van der Waals surface area (Å²) in [5.41, 5.74) is 1.63. The van der Waals surface area contributed by atoms with Crippen molar-refractivity contribution >= 4 is 51.6 Å². The number of hydrogen-bond acceptors (Lipinski definition) is 9. The van der Waals surface area contributed by atoms with Crippen molar-refractivity contribution in [3.63, 3.8) is 0 Å². The molecule has 0 fully saturated rings. The fraction of sp³-hybridized carbons (Fsp3) is 0.364. The van der Waals surface area contributed by atoms with Gasteiger partial charge in [-0.2, -0.15) is 0 Å². The molecule has 1 aromatic heterocycles. The summed E-state index contributed by atoms with van der Waals surface area (Å²) in [6, 6.07) is 6.72. The summed E-state index contributed by atoms with van der Waals surface area (Å²) >= 11 is 0.997. The Bertz CT molecular complexity index is 1040. The van der Waals surface area contributed by atoms with Crippen LogP contribution in [-0.4, -0.2) is 64.4 Å². The standard InChI is InChI=1S/C22H28N4O7S/c1-5-32-21(29)17-13(2)18(19(28)23-3)34-20(17)26-16(27)12-24-14-7-6-8-15(11-14)25-22(30)33-10-9-31-4/h6-8,11,24H,5,9-10,12H2,1-4H3,(H,23,28)(H,25,30)(H,26,27). The van der Waals surface area contributed by atoms with Gasteiger partial charge in [0.25, 0.3) is 5.91 Å². The van der Waals surface area contributed by atoms with Crippen LogP contribution in [0, 0.1) is 6.92 Å². The highest BCUT2D eigenvalue weighted by Crippen LogP contribution is 2.33. The quantitative estimate of drug-likeness (QED) is 0.277. The van der Waals surface area contributed by atoms with E-state index < -0.39 is 18.0 Å². The molecular weight excluding hydrogens is 464 g/mol. The fourth-order valence-corrected chi connectivity index (χ4v) is 3.97. The van der Waals surface area contributed by atoms with Gasteiger partial charge in [-0.15, -0.1) is 11.3 Å². The smallest absolute Gasteiger partial charge is 0.411 e. The second-order valence-corrected chi connectivity index (χ2v) is 7.82. The molecule has 2 rings (SSSR count). The molecule has 12 heteroatoms. The molecule has 0 atom stereocenters. The number of amides is 3. The maximum absolute atomic E-state index is 12.6. The number of anilines is 3. The Morgan fingerprint density at radius 2 is 1.76 bits per heavy atom. The number of thiophene rings is 1. The third-order valence-electron chi connectivity index (χ3n) is 4.40. The van der Waals surface area contributed by atoms with Gasteiger partial charge < -0.3 is 30.2 Å². The van der Waals surface area contributed by atoms with E-state index in [0.29, 0.717) is 21.8 Å². The van der Waals surface area contributed by atoms with Gasteiger partial charge in [0.15, 0.2) is 0 Å². The zero-order valence-electron chi connectivity index (χ0n) is 19.4. The summed E-state index contributed by atoms with van der Waals surface area (Å²) in [6.45, 7) is 3.73. The Kier molecular flexibility index (Phi) is 10.3. The van der Waals surface area contributed by atoms with Crippen molar-refractivity contribution in [3.8, 4) is 0 Å². The van der Waals surface area contributed by atoms with E-state index in [1.165, 1.54) is 14.2 Å². The number of esters is 1. The molecule has 3 amide bonds. The van der Waals surface area contributed by atoms with Gasteiger partial charge in [-0.1, -0.05) is 6.07 Å². The van der Waals surface area contributed by atoms with Crippen molar-refractivity contribution in [2.24, 2.45) is 0 Å². The van der Waals surface area contributed by atoms with E-state index in [9.17, 15) is 19.2 Å². The van der Waals surface area contributed by atoms with Crippen LogP contribution >= 0.6 is 11.3 Å². The van der Waals surface area contributed by atoms with Crippen LogP contribution in [0.25, 0.3) is 0 Å². The van der Waals surface area contributed by atoms with Crippen molar-refractivity contribution in [1.82, 2.24) is 5.32 Å². The van der Waals surface area contributed by atoms with Crippen LogP contribution in [0.3, 0.4) is 0 Å². The molecule has 1 aromatic carbocycles. The number of carbonyl (C=O) groups excluding carboxylic acids is 4. The first kappa shape index (κ1) is 26.6. The Morgan fingerprint density at radius 3 is 2.44 bits per heavy atom. The van der Waals surface area contributed by atoms with E-state index in [-0.39, 0.29) is 42.8 Å². The summed E-state index contributed by atoms with van der Waals surface area (Å²) in [4.78, 5) is 49.2. The van der Waals surface area contributed by atoms with Crippen molar-refractivity contribution in [2.75, 3.05) is 56.5 Å². The predicted octanol–water partition coefficient (Wildman–Crippen LogP) is 2.84. The minimum absolute atomic E-state index is 0.123. The Balaban J connectivity index is 2.04. The molecule has 2 aromatic rings. The molecule has 0 spiro atoms. The Morgan fingerprint density at radius 1 is 1.03 bits per heavy atom. The van der Waals surface area contributed by atoms with Crippen molar-refractivity contribution in [3.05, 3.63) is 40.3 Å². The van der Waals surface area contributed by atoms with Gasteiger partial charge in [0.05, 0.1) is 30.2 Å². The molecule has 0 saturated carbocycles. The fourth-order valence-electron chi connectivity index (χ4n) is 2.81. The van der Waals surface area contributed by atoms with Gasteiger partial charge in [-0.05, 0) is 37.6 Å². The second-order valence-electron chi connectivity index (χ2n) is 6.80. The molecule has 0 bridgehead atoms. The second kappa shape index (κ2) is 13.2. The Hall–Kier alpha value is -3.64. The molecule has 0 aliphatic rings. The van der Waals surface area contributed by atoms with Crippen LogP contribution in [0.1, 0.15) is 32.5 Å². The minimum Gasteiger partial charge on any atom is -0.462 e. The molecule has 4 N–H and O–H groups in total. The summed E-state index contributed by atoms with van der Waals surface area (Å²) in [6.07, 6.45) is -0.626.